The Morgan fingerprint density at radius 3 is 2.42 bits per heavy atom. The number of amides is 5. The molecule has 15 heteroatoms. The lowest BCUT2D eigenvalue weighted by Crippen LogP contribution is -2.44. The average Bonchev–Trinajstić information content (AvgIpc) is 3.47. The van der Waals surface area contributed by atoms with E-state index in [4.69, 9.17) is 9.47 Å². The second kappa shape index (κ2) is 11.5. The van der Waals surface area contributed by atoms with Crippen LogP contribution in [0.5, 0.6) is 0 Å². The van der Waals surface area contributed by atoms with Gasteiger partial charge in [0, 0.05) is 24.0 Å². The molecule has 2 aliphatic heterocycles. The minimum Gasteiger partial charge on any atom is -0.450 e. The summed E-state index contributed by atoms with van der Waals surface area (Å²) in [7, 11) is -2.48. The highest BCUT2D eigenvalue weighted by Gasteiger charge is 2.42. The SMILES string of the molecule is CCOC(=O)N1CCc2c(sc(NC(=O)c3ccc(S(=O)(=O)N4COCC4(C)C)cc3)c2C(=O)NC(=O)NC)C1. The van der Waals surface area contributed by atoms with Gasteiger partial charge in [0.2, 0.25) is 10.0 Å². The fraction of sp³-hybridized carbons (Fsp3) is 0.440. The van der Waals surface area contributed by atoms with Gasteiger partial charge in [0.15, 0.2) is 0 Å². The van der Waals surface area contributed by atoms with Gasteiger partial charge < -0.3 is 25.0 Å². The minimum absolute atomic E-state index is 0.0129. The van der Waals surface area contributed by atoms with Crippen LogP contribution in [-0.2, 0) is 32.5 Å². The highest BCUT2D eigenvalue weighted by molar-refractivity contribution is 7.89. The number of rotatable bonds is 6. The second-order valence-corrected chi connectivity index (χ2v) is 12.7. The Morgan fingerprint density at radius 2 is 1.82 bits per heavy atom. The lowest BCUT2D eigenvalue weighted by molar-refractivity contribution is 0.0963. The number of carbonyl (C=O) groups is 4. The summed E-state index contributed by atoms with van der Waals surface area (Å²) in [6.45, 7) is 6.14. The number of thiophene rings is 1. The molecule has 1 saturated heterocycles. The molecule has 40 heavy (non-hydrogen) atoms. The van der Waals surface area contributed by atoms with E-state index in [2.05, 4.69) is 16.0 Å². The van der Waals surface area contributed by atoms with E-state index in [0.29, 0.717) is 23.4 Å². The third kappa shape index (κ3) is 5.82. The quantitative estimate of drug-likeness (QED) is 0.460. The number of benzene rings is 1. The monoisotopic (exact) mass is 593 g/mol. The molecule has 0 radical (unpaired) electrons. The third-order valence-corrected chi connectivity index (χ3v) is 9.71. The number of sulfonamides is 1. The highest BCUT2D eigenvalue weighted by atomic mass is 32.2. The number of urea groups is 1. The van der Waals surface area contributed by atoms with Crippen LogP contribution in [-0.4, -0.2) is 80.6 Å². The van der Waals surface area contributed by atoms with E-state index in [0.717, 1.165) is 11.3 Å². The van der Waals surface area contributed by atoms with Crippen molar-refractivity contribution in [3.05, 3.63) is 45.8 Å². The molecule has 1 aromatic carbocycles. The van der Waals surface area contributed by atoms with Gasteiger partial charge in [-0.25, -0.2) is 18.0 Å². The van der Waals surface area contributed by atoms with E-state index in [1.54, 1.807) is 20.8 Å². The summed E-state index contributed by atoms with van der Waals surface area (Å²) in [5.41, 5.74) is 0.213. The summed E-state index contributed by atoms with van der Waals surface area (Å²) < 4.78 is 37.9. The number of ether oxygens (including phenoxy) is 2. The Balaban J connectivity index is 1.59. The molecule has 0 atom stereocenters. The Hall–Kier alpha value is -3.53. The van der Waals surface area contributed by atoms with Gasteiger partial charge in [-0.15, -0.1) is 11.3 Å². The molecule has 2 aliphatic rings. The van der Waals surface area contributed by atoms with Gasteiger partial charge in [-0.05, 0) is 57.0 Å². The molecule has 1 fully saturated rings. The van der Waals surface area contributed by atoms with Crippen molar-refractivity contribution >= 4 is 50.3 Å². The van der Waals surface area contributed by atoms with E-state index in [9.17, 15) is 27.6 Å². The van der Waals surface area contributed by atoms with Gasteiger partial charge in [0.25, 0.3) is 11.8 Å². The van der Waals surface area contributed by atoms with Crippen molar-refractivity contribution < 1.29 is 37.1 Å². The second-order valence-electron chi connectivity index (χ2n) is 9.73. The highest BCUT2D eigenvalue weighted by Crippen LogP contribution is 2.38. The fourth-order valence-electron chi connectivity index (χ4n) is 4.43. The van der Waals surface area contributed by atoms with Crippen LogP contribution in [0.15, 0.2) is 29.2 Å². The summed E-state index contributed by atoms with van der Waals surface area (Å²) in [4.78, 5) is 52.5. The van der Waals surface area contributed by atoms with Crippen LogP contribution in [0.2, 0.25) is 0 Å². The molecular formula is C25H31N5O8S2. The van der Waals surface area contributed by atoms with Crippen LogP contribution in [0.3, 0.4) is 0 Å². The maximum absolute atomic E-state index is 13.2. The number of nitrogens with one attached hydrogen (secondary N) is 3. The molecule has 216 valence electrons. The first-order chi connectivity index (χ1) is 18.9. The topological polar surface area (TPSA) is 163 Å². The van der Waals surface area contributed by atoms with Gasteiger partial charge in [-0.3, -0.25) is 14.9 Å². The number of hydrogen-bond acceptors (Lipinski definition) is 9. The molecule has 13 nitrogen and oxygen atoms in total. The van der Waals surface area contributed by atoms with Crippen LogP contribution in [0.1, 0.15) is 51.9 Å². The van der Waals surface area contributed by atoms with Gasteiger partial charge in [0.05, 0.1) is 35.8 Å². The molecule has 4 rings (SSSR count). The smallest absolute Gasteiger partial charge is 0.410 e. The van der Waals surface area contributed by atoms with E-state index in [-0.39, 0.29) is 47.5 Å². The zero-order valence-corrected chi connectivity index (χ0v) is 24.2. The Labute approximate surface area is 235 Å². The number of fused-ring (bicyclic) bond motifs is 1. The molecule has 0 unspecified atom stereocenters. The summed E-state index contributed by atoms with van der Waals surface area (Å²) >= 11 is 1.12. The van der Waals surface area contributed by atoms with Crippen molar-refractivity contribution in [1.29, 1.82) is 0 Å². The first-order valence-electron chi connectivity index (χ1n) is 12.5. The number of imide groups is 1. The van der Waals surface area contributed by atoms with E-state index < -0.39 is 39.5 Å². The van der Waals surface area contributed by atoms with E-state index in [1.807, 2.05) is 0 Å². The maximum Gasteiger partial charge on any atom is 0.410 e. The predicted octanol–water partition coefficient (Wildman–Crippen LogP) is 2.34. The number of nitrogens with zero attached hydrogens (tertiary/aromatic N) is 2. The molecule has 0 saturated carbocycles. The third-order valence-electron chi connectivity index (χ3n) is 6.53. The summed E-state index contributed by atoms with van der Waals surface area (Å²) in [5.74, 6) is -1.28. The van der Waals surface area contributed by atoms with Crippen LogP contribution in [0.25, 0.3) is 0 Å². The van der Waals surface area contributed by atoms with E-state index in [1.165, 1.54) is 40.5 Å². The zero-order chi connectivity index (χ0) is 29.2. The Morgan fingerprint density at radius 1 is 1.12 bits per heavy atom. The van der Waals surface area contributed by atoms with Crippen molar-refractivity contribution in [3.63, 3.8) is 0 Å². The van der Waals surface area contributed by atoms with Gasteiger partial charge >= 0.3 is 12.1 Å². The van der Waals surface area contributed by atoms with E-state index >= 15 is 0 Å². The van der Waals surface area contributed by atoms with Crippen molar-refractivity contribution in [2.24, 2.45) is 0 Å². The first-order valence-corrected chi connectivity index (χ1v) is 14.8. The Bertz CT molecular complexity index is 1440. The lowest BCUT2D eigenvalue weighted by atomic mass is 10.0. The summed E-state index contributed by atoms with van der Waals surface area (Å²) in [6.07, 6.45) is -0.164. The molecule has 0 aliphatic carbocycles. The molecule has 5 amide bonds. The zero-order valence-electron chi connectivity index (χ0n) is 22.5. The number of hydrogen-bond donors (Lipinski definition) is 3. The van der Waals surface area contributed by atoms with Gasteiger partial charge in [0.1, 0.15) is 11.7 Å². The summed E-state index contributed by atoms with van der Waals surface area (Å²) in [5, 5.41) is 7.47. The fourth-order valence-corrected chi connectivity index (χ4v) is 7.34. The van der Waals surface area contributed by atoms with Crippen LogP contribution in [0.4, 0.5) is 14.6 Å². The van der Waals surface area contributed by atoms with Crippen LogP contribution >= 0.6 is 11.3 Å². The van der Waals surface area contributed by atoms with Crippen molar-refractivity contribution in [2.75, 3.05) is 38.9 Å². The molecular weight excluding hydrogens is 562 g/mol. The number of carbonyl (C=O) groups excluding carboxylic acids is 4. The Kier molecular flexibility index (Phi) is 8.49. The molecule has 2 aromatic rings. The standard InChI is InChI=1S/C25H31N5O8S2/c1-5-38-24(34)29-11-10-17-18(12-29)39-22(19(17)21(32)28-23(33)26-4)27-20(31)15-6-8-16(9-7-15)40(35,36)30-14-37-13-25(30,2)3/h6-9H,5,10-14H2,1-4H3,(H,27,31)(H2,26,28,32,33). The van der Waals surface area contributed by atoms with Crippen LogP contribution in [0, 0.1) is 0 Å². The van der Waals surface area contributed by atoms with Crippen molar-refractivity contribution in [1.82, 2.24) is 19.8 Å². The van der Waals surface area contributed by atoms with Gasteiger partial charge in [-0.2, -0.15) is 4.31 Å². The predicted molar refractivity (Wildman–Crippen MR) is 146 cm³/mol. The first kappa shape index (κ1) is 29.5. The molecule has 3 heterocycles. The summed E-state index contributed by atoms with van der Waals surface area (Å²) in [6, 6.07) is 4.73. The number of anilines is 1. The largest absolute Gasteiger partial charge is 0.450 e. The molecule has 0 spiro atoms. The molecule has 1 aromatic heterocycles. The average molecular weight is 594 g/mol. The lowest BCUT2D eigenvalue weighted by Gasteiger charge is -2.28. The van der Waals surface area contributed by atoms with Crippen molar-refractivity contribution in [3.8, 4) is 0 Å². The minimum atomic E-state index is -3.85. The van der Waals surface area contributed by atoms with Crippen molar-refractivity contribution in [2.45, 2.75) is 44.2 Å². The molecule has 3 N–H and O–H groups in total. The normalized spacial score (nSPS) is 16.6. The van der Waals surface area contributed by atoms with Crippen LogP contribution < -0.4 is 16.0 Å². The van der Waals surface area contributed by atoms with Gasteiger partial charge in [-0.1, -0.05) is 0 Å². The molecule has 0 bridgehead atoms. The maximum atomic E-state index is 13.2.